The van der Waals surface area contributed by atoms with Crippen LogP contribution in [0.1, 0.15) is 30.4 Å². The lowest BCUT2D eigenvalue weighted by atomic mass is 9.79. The van der Waals surface area contributed by atoms with Crippen molar-refractivity contribution in [2.45, 2.75) is 25.7 Å². The van der Waals surface area contributed by atoms with Gasteiger partial charge in [-0.25, -0.2) is 0 Å². The molecule has 2 aliphatic rings. The third-order valence-corrected chi connectivity index (χ3v) is 6.15. The van der Waals surface area contributed by atoms with E-state index in [1.807, 2.05) is 23.1 Å². The lowest BCUT2D eigenvalue weighted by Gasteiger charge is -2.40. The molecule has 0 saturated carbocycles. The Kier molecular flexibility index (Phi) is 5.87. The van der Waals surface area contributed by atoms with Gasteiger partial charge in [-0.2, -0.15) is 0 Å². The molecule has 1 spiro atoms. The largest absolute Gasteiger partial charge is 0.339 e. The Balaban J connectivity index is 1.31. The monoisotopic (exact) mass is 375 g/mol. The fourth-order valence-corrected chi connectivity index (χ4v) is 4.64. The first-order valence-electron chi connectivity index (χ1n) is 10.4. The van der Waals surface area contributed by atoms with E-state index in [-0.39, 0.29) is 11.3 Å². The van der Waals surface area contributed by atoms with Crippen molar-refractivity contribution in [3.63, 3.8) is 0 Å². The van der Waals surface area contributed by atoms with E-state index >= 15 is 0 Å². The van der Waals surface area contributed by atoms with E-state index in [4.69, 9.17) is 0 Å². The number of benzene rings is 1. The summed E-state index contributed by atoms with van der Waals surface area (Å²) in [6.45, 7) is 5.19. The summed E-state index contributed by atoms with van der Waals surface area (Å²) in [6.07, 6.45) is 11.8. The van der Waals surface area contributed by atoms with Gasteiger partial charge in [0.1, 0.15) is 0 Å². The first-order valence-corrected chi connectivity index (χ1v) is 10.4. The molecule has 4 rings (SSSR count). The zero-order chi connectivity index (χ0) is 19.2. The number of piperidine rings is 1. The van der Waals surface area contributed by atoms with Gasteiger partial charge in [-0.05, 0) is 55.5 Å². The minimum Gasteiger partial charge on any atom is -0.339 e. The SMILES string of the molecule is O=C(C=Cc1cccnc1)N1CCC2(CCCN(CCc3ccccc3)C2)C1. The first-order chi connectivity index (χ1) is 13.7. The number of nitrogens with zero attached hydrogens (tertiary/aromatic N) is 3. The molecule has 1 aromatic carbocycles. The van der Waals surface area contributed by atoms with Crippen molar-refractivity contribution in [1.82, 2.24) is 14.8 Å². The number of carbonyl (C=O) groups is 1. The minimum atomic E-state index is 0.127. The van der Waals surface area contributed by atoms with E-state index in [1.165, 1.54) is 24.9 Å². The summed E-state index contributed by atoms with van der Waals surface area (Å²) in [7, 11) is 0. The zero-order valence-electron chi connectivity index (χ0n) is 16.5. The molecular weight excluding hydrogens is 346 g/mol. The van der Waals surface area contributed by atoms with Crippen LogP contribution < -0.4 is 0 Å². The highest BCUT2D eigenvalue weighted by Crippen LogP contribution is 2.39. The molecule has 1 amide bonds. The molecule has 4 nitrogen and oxygen atoms in total. The van der Waals surface area contributed by atoms with E-state index in [1.54, 1.807) is 18.5 Å². The van der Waals surface area contributed by atoms with Gasteiger partial charge in [0, 0.05) is 50.1 Å². The third kappa shape index (κ3) is 4.68. The molecule has 2 aliphatic heterocycles. The molecular formula is C24H29N3O. The lowest BCUT2D eigenvalue weighted by Crippen LogP contribution is -2.45. The average Bonchev–Trinajstić information content (AvgIpc) is 3.15. The van der Waals surface area contributed by atoms with Crippen LogP contribution in [0.2, 0.25) is 0 Å². The highest BCUT2D eigenvalue weighted by molar-refractivity contribution is 5.92. The molecule has 1 aromatic heterocycles. The quantitative estimate of drug-likeness (QED) is 0.749. The molecule has 1 atom stereocenters. The normalized spacial score (nSPS) is 22.9. The molecule has 0 aliphatic carbocycles. The van der Waals surface area contributed by atoms with Crippen LogP contribution >= 0.6 is 0 Å². The summed E-state index contributed by atoms with van der Waals surface area (Å²) < 4.78 is 0. The zero-order valence-corrected chi connectivity index (χ0v) is 16.5. The second-order valence-corrected chi connectivity index (χ2v) is 8.24. The van der Waals surface area contributed by atoms with Crippen LogP contribution in [-0.4, -0.2) is 53.4 Å². The Morgan fingerprint density at radius 1 is 1.07 bits per heavy atom. The maximum atomic E-state index is 12.6. The fraction of sp³-hybridized carbons (Fsp3) is 0.417. The van der Waals surface area contributed by atoms with Crippen molar-refractivity contribution < 1.29 is 4.79 Å². The Hall–Kier alpha value is -2.46. The summed E-state index contributed by atoms with van der Waals surface area (Å²) in [5.41, 5.74) is 2.66. The van der Waals surface area contributed by atoms with E-state index in [0.717, 1.165) is 44.6 Å². The van der Waals surface area contributed by atoms with Gasteiger partial charge in [-0.3, -0.25) is 9.78 Å². The van der Waals surface area contributed by atoms with Crippen LogP contribution in [0.4, 0.5) is 0 Å². The molecule has 2 aromatic rings. The number of likely N-dealkylation sites (tertiary alicyclic amines) is 2. The molecule has 0 bridgehead atoms. The van der Waals surface area contributed by atoms with E-state index in [0.29, 0.717) is 0 Å². The standard InChI is InChI=1S/C24H29N3O/c28-23(10-9-22-8-4-14-25-18-22)27-17-13-24(20-27)12-5-15-26(19-24)16-11-21-6-2-1-3-7-21/h1-4,6-10,14,18H,5,11-13,15-17,19-20H2. The van der Waals surface area contributed by atoms with Crippen LogP contribution in [-0.2, 0) is 11.2 Å². The second-order valence-electron chi connectivity index (χ2n) is 8.24. The summed E-state index contributed by atoms with van der Waals surface area (Å²) in [6, 6.07) is 14.6. The summed E-state index contributed by atoms with van der Waals surface area (Å²) >= 11 is 0. The topological polar surface area (TPSA) is 36.4 Å². The van der Waals surface area contributed by atoms with Crippen LogP contribution in [0.5, 0.6) is 0 Å². The Morgan fingerprint density at radius 3 is 2.79 bits per heavy atom. The van der Waals surface area contributed by atoms with E-state index in [2.05, 4.69) is 40.2 Å². The van der Waals surface area contributed by atoms with E-state index < -0.39 is 0 Å². The van der Waals surface area contributed by atoms with Crippen LogP contribution in [0, 0.1) is 5.41 Å². The molecule has 146 valence electrons. The Bertz CT molecular complexity index is 805. The molecule has 0 N–H and O–H groups in total. The van der Waals surface area contributed by atoms with E-state index in [9.17, 15) is 4.79 Å². The van der Waals surface area contributed by atoms with Gasteiger partial charge in [0.05, 0.1) is 0 Å². The maximum Gasteiger partial charge on any atom is 0.246 e. The highest BCUT2D eigenvalue weighted by Gasteiger charge is 2.42. The molecule has 1 unspecified atom stereocenters. The average molecular weight is 376 g/mol. The van der Waals surface area contributed by atoms with Crippen molar-refractivity contribution in [2.75, 3.05) is 32.7 Å². The first kappa shape index (κ1) is 18.9. The van der Waals surface area contributed by atoms with Crippen molar-refractivity contribution in [1.29, 1.82) is 0 Å². The third-order valence-electron chi connectivity index (χ3n) is 6.15. The number of amides is 1. The molecule has 4 heteroatoms. The number of hydrogen-bond acceptors (Lipinski definition) is 3. The van der Waals surface area contributed by atoms with Gasteiger partial charge in [-0.15, -0.1) is 0 Å². The minimum absolute atomic E-state index is 0.127. The summed E-state index contributed by atoms with van der Waals surface area (Å²) in [5, 5.41) is 0. The molecule has 2 saturated heterocycles. The molecule has 0 radical (unpaired) electrons. The predicted molar refractivity (Wildman–Crippen MR) is 113 cm³/mol. The van der Waals surface area contributed by atoms with Gasteiger partial charge in [-0.1, -0.05) is 36.4 Å². The van der Waals surface area contributed by atoms with Gasteiger partial charge in [0.15, 0.2) is 0 Å². The number of aromatic nitrogens is 1. The van der Waals surface area contributed by atoms with Crippen molar-refractivity contribution in [2.24, 2.45) is 5.41 Å². The second kappa shape index (κ2) is 8.70. The summed E-state index contributed by atoms with van der Waals surface area (Å²) in [4.78, 5) is 21.4. The van der Waals surface area contributed by atoms with Gasteiger partial charge in [0.25, 0.3) is 0 Å². The fourth-order valence-electron chi connectivity index (χ4n) is 4.64. The van der Waals surface area contributed by atoms with Crippen LogP contribution in [0.3, 0.4) is 0 Å². The number of carbonyl (C=O) groups excluding carboxylic acids is 1. The van der Waals surface area contributed by atoms with Crippen molar-refractivity contribution in [3.05, 3.63) is 72.1 Å². The Labute approximate surface area is 167 Å². The summed E-state index contributed by atoms with van der Waals surface area (Å²) in [5.74, 6) is 0.127. The predicted octanol–water partition coefficient (Wildman–Crippen LogP) is 3.65. The van der Waals surface area contributed by atoms with Crippen molar-refractivity contribution >= 4 is 12.0 Å². The number of rotatable bonds is 5. The van der Waals surface area contributed by atoms with Crippen molar-refractivity contribution in [3.8, 4) is 0 Å². The molecule has 2 fully saturated rings. The van der Waals surface area contributed by atoms with Gasteiger partial charge < -0.3 is 9.80 Å². The van der Waals surface area contributed by atoms with Crippen LogP contribution in [0.25, 0.3) is 6.08 Å². The highest BCUT2D eigenvalue weighted by atomic mass is 16.2. The van der Waals surface area contributed by atoms with Gasteiger partial charge in [0.2, 0.25) is 5.91 Å². The van der Waals surface area contributed by atoms with Gasteiger partial charge >= 0.3 is 0 Å². The van der Waals surface area contributed by atoms with Crippen LogP contribution in [0.15, 0.2) is 60.9 Å². The lowest BCUT2D eigenvalue weighted by molar-refractivity contribution is -0.125. The molecule has 3 heterocycles. The number of hydrogen-bond donors (Lipinski definition) is 0. The Morgan fingerprint density at radius 2 is 1.96 bits per heavy atom. The molecule has 28 heavy (non-hydrogen) atoms. The number of pyridine rings is 1. The smallest absolute Gasteiger partial charge is 0.246 e. The maximum absolute atomic E-state index is 12.6.